The Bertz CT molecular complexity index is 577. The highest BCUT2D eigenvalue weighted by Gasteiger charge is 2.20. The molecule has 1 fully saturated rings. The molecule has 2 aromatic rings. The number of hydrogen-bond donors (Lipinski definition) is 1. The maximum absolute atomic E-state index is 13.7. The van der Waals surface area contributed by atoms with E-state index in [1.165, 1.54) is 17.4 Å². The topological polar surface area (TPSA) is 24.9 Å². The summed E-state index contributed by atoms with van der Waals surface area (Å²) in [6, 6.07) is 4.20. The minimum absolute atomic E-state index is 0.247. The fourth-order valence-electron chi connectivity index (χ4n) is 2.37. The Balaban J connectivity index is 1.90. The lowest BCUT2D eigenvalue weighted by Crippen LogP contribution is -2.26. The summed E-state index contributed by atoms with van der Waals surface area (Å²) in [6.45, 7) is 1.99. The average molecular weight is 280 g/mol. The largest absolute Gasteiger partial charge is 0.317 e. The first kappa shape index (κ1) is 12.7. The summed E-state index contributed by atoms with van der Waals surface area (Å²) in [5, 5.41) is 6.15. The molecular formula is C14H14F2N2S. The van der Waals surface area contributed by atoms with E-state index in [-0.39, 0.29) is 5.56 Å². The Morgan fingerprint density at radius 1 is 1.21 bits per heavy atom. The Labute approximate surface area is 114 Å². The van der Waals surface area contributed by atoms with Crippen LogP contribution in [0.2, 0.25) is 0 Å². The molecule has 0 unspecified atom stereocenters. The molecule has 1 N–H and O–H groups in total. The van der Waals surface area contributed by atoms with Gasteiger partial charge in [-0.15, -0.1) is 11.3 Å². The second-order valence-electron chi connectivity index (χ2n) is 4.70. The van der Waals surface area contributed by atoms with Gasteiger partial charge >= 0.3 is 0 Å². The lowest BCUT2D eigenvalue weighted by atomic mass is 9.99. The van der Waals surface area contributed by atoms with Gasteiger partial charge in [-0.05, 0) is 38.1 Å². The van der Waals surface area contributed by atoms with Crippen molar-refractivity contribution in [3.63, 3.8) is 0 Å². The molecule has 5 heteroatoms. The molecule has 1 aliphatic rings. The van der Waals surface area contributed by atoms with E-state index in [2.05, 4.69) is 10.3 Å². The van der Waals surface area contributed by atoms with Crippen LogP contribution in [0, 0.1) is 11.6 Å². The molecule has 19 heavy (non-hydrogen) atoms. The lowest BCUT2D eigenvalue weighted by Gasteiger charge is -2.20. The lowest BCUT2D eigenvalue weighted by molar-refractivity contribution is 0.459. The van der Waals surface area contributed by atoms with Crippen LogP contribution in [-0.2, 0) is 0 Å². The first-order valence-corrected chi connectivity index (χ1v) is 7.24. The fraction of sp³-hybridized carbons (Fsp3) is 0.357. The minimum Gasteiger partial charge on any atom is -0.317 e. The second-order valence-corrected chi connectivity index (χ2v) is 5.59. The van der Waals surface area contributed by atoms with Crippen molar-refractivity contribution >= 4 is 11.3 Å². The van der Waals surface area contributed by atoms with Crippen LogP contribution in [0.5, 0.6) is 0 Å². The fourth-order valence-corrected chi connectivity index (χ4v) is 3.36. The third-order valence-electron chi connectivity index (χ3n) is 3.44. The SMILES string of the molecule is Fc1cccc(-c2csc(C3CCNCC3)n2)c1F. The maximum Gasteiger partial charge on any atom is 0.168 e. The molecule has 0 radical (unpaired) electrons. The van der Waals surface area contributed by atoms with E-state index in [1.54, 1.807) is 6.07 Å². The smallest absolute Gasteiger partial charge is 0.168 e. The number of aromatic nitrogens is 1. The van der Waals surface area contributed by atoms with E-state index < -0.39 is 11.6 Å². The van der Waals surface area contributed by atoms with E-state index in [0.29, 0.717) is 11.6 Å². The molecule has 2 heterocycles. The summed E-state index contributed by atoms with van der Waals surface area (Å²) in [6.07, 6.45) is 2.11. The van der Waals surface area contributed by atoms with Gasteiger partial charge in [-0.1, -0.05) is 6.07 Å². The van der Waals surface area contributed by atoms with Crippen LogP contribution in [-0.4, -0.2) is 18.1 Å². The number of rotatable bonds is 2. The molecule has 0 saturated carbocycles. The van der Waals surface area contributed by atoms with Crippen molar-refractivity contribution in [1.82, 2.24) is 10.3 Å². The second kappa shape index (κ2) is 5.35. The molecule has 3 rings (SSSR count). The van der Waals surface area contributed by atoms with Crippen LogP contribution < -0.4 is 5.32 Å². The van der Waals surface area contributed by atoms with Gasteiger partial charge in [0.05, 0.1) is 10.7 Å². The van der Waals surface area contributed by atoms with Crippen molar-refractivity contribution in [3.05, 3.63) is 40.2 Å². The van der Waals surface area contributed by atoms with E-state index >= 15 is 0 Å². The molecule has 1 aliphatic heterocycles. The standard InChI is InChI=1S/C14H14F2N2S/c15-11-3-1-2-10(13(11)16)12-8-19-14(18-12)9-4-6-17-7-5-9/h1-3,8-9,17H,4-7H2. The third-order valence-corrected chi connectivity index (χ3v) is 4.45. The van der Waals surface area contributed by atoms with Gasteiger partial charge in [0.15, 0.2) is 11.6 Å². The van der Waals surface area contributed by atoms with Crippen LogP contribution in [0.4, 0.5) is 8.78 Å². The van der Waals surface area contributed by atoms with Crippen LogP contribution in [0.3, 0.4) is 0 Å². The quantitative estimate of drug-likeness (QED) is 0.910. The molecule has 0 amide bonds. The van der Waals surface area contributed by atoms with E-state index in [4.69, 9.17) is 0 Å². The molecule has 0 atom stereocenters. The highest BCUT2D eigenvalue weighted by molar-refractivity contribution is 7.10. The van der Waals surface area contributed by atoms with Gasteiger partial charge in [0.25, 0.3) is 0 Å². The zero-order valence-electron chi connectivity index (χ0n) is 10.3. The Kier molecular flexibility index (Phi) is 3.57. The Morgan fingerprint density at radius 3 is 2.79 bits per heavy atom. The molecule has 2 nitrogen and oxygen atoms in total. The van der Waals surface area contributed by atoms with Crippen LogP contribution in [0.15, 0.2) is 23.6 Å². The van der Waals surface area contributed by atoms with Crippen LogP contribution >= 0.6 is 11.3 Å². The molecule has 0 spiro atoms. The highest BCUT2D eigenvalue weighted by atomic mass is 32.1. The van der Waals surface area contributed by atoms with Crippen molar-refractivity contribution in [2.24, 2.45) is 0 Å². The molecular weight excluding hydrogens is 266 g/mol. The monoisotopic (exact) mass is 280 g/mol. The maximum atomic E-state index is 13.7. The molecule has 1 saturated heterocycles. The summed E-state index contributed by atoms with van der Waals surface area (Å²) in [5.41, 5.74) is 0.784. The number of nitrogens with one attached hydrogen (secondary N) is 1. The number of halogens is 2. The number of hydrogen-bond acceptors (Lipinski definition) is 3. The Morgan fingerprint density at radius 2 is 2.00 bits per heavy atom. The molecule has 0 bridgehead atoms. The predicted octanol–water partition coefficient (Wildman–Crippen LogP) is 3.56. The molecule has 100 valence electrons. The van der Waals surface area contributed by atoms with Crippen molar-refractivity contribution in [2.75, 3.05) is 13.1 Å². The number of piperidine rings is 1. The summed E-state index contributed by atoms with van der Waals surface area (Å²) in [5.74, 6) is -1.20. The summed E-state index contributed by atoms with van der Waals surface area (Å²) >= 11 is 1.54. The summed E-state index contributed by atoms with van der Waals surface area (Å²) in [7, 11) is 0. The van der Waals surface area contributed by atoms with Gasteiger partial charge in [-0.25, -0.2) is 13.8 Å². The minimum atomic E-state index is -0.825. The van der Waals surface area contributed by atoms with Gasteiger partial charge < -0.3 is 5.32 Å². The zero-order valence-corrected chi connectivity index (χ0v) is 11.1. The van der Waals surface area contributed by atoms with Crippen LogP contribution in [0.25, 0.3) is 11.3 Å². The first-order valence-electron chi connectivity index (χ1n) is 6.36. The van der Waals surface area contributed by atoms with Crippen LogP contribution in [0.1, 0.15) is 23.8 Å². The van der Waals surface area contributed by atoms with E-state index in [0.717, 1.165) is 37.0 Å². The van der Waals surface area contributed by atoms with E-state index in [1.807, 2.05) is 5.38 Å². The number of nitrogens with zero attached hydrogens (tertiary/aromatic N) is 1. The van der Waals surface area contributed by atoms with Crippen molar-refractivity contribution < 1.29 is 8.78 Å². The predicted molar refractivity (Wildman–Crippen MR) is 72.3 cm³/mol. The number of benzene rings is 1. The van der Waals surface area contributed by atoms with E-state index in [9.17, 15) is 8.78 Å². The molecule has 1 aromatic carbocycles. The van der Waals surface area contributed by atoms with Crippen molar-refractivity contribution in [3.8, 4) is 11.3 Å². The zero-order chi connectivity index (χ0) is 13.2. The highest BCUT2D eigenvalue weighted by Crippen LogP contribution is 2.32. The number of thiazole rings is 1. The first-order chi connectivity index (χ1) is 9.25. The van der Waals surface area contributed by atoms with Gasteiger partial charge in [-0.2, -0.15) is 0 Å². The normalized spacial score (nSPS) is 16.7. The van der Waals surface area contributed by atoms with Crippen molar-refractivity contribution in [1.29, 1.82) is 0 Å². The summed E-state index contributed by atoms with van der Waals surface area (Å²) < 4.78 is 26.9. The molecule has 0 aliphatic carbocycles. The van der Waals surface area contributed by atoms with Gasteiger partial charge in [-0.3, -0.25) is 0 Å². The molecule has 1 aromatic heterocycles. The van der Waals surface area contributed by atoms with Crippen molar-refractivity contribution in [2.45, 2.75) is 18.8 Å². The van der Waals surface area contributed by atoms with Gasteiger partial charge in [0.1, 0.15) is 0 Å². The third kappa shape index (κ3) is 2.53. The Hall–Kier alpha value is -1.33. The summed E-state index contributed by atoms with van der Waals surface area (Å²) in [4.78, 5) is 4.49. The van der Waals surface area contributed by atoms with Gasteiger partial charge in [0.2, 0.25) is 0 Å². The average Bonchev–Trinajstić information content (AvgIpc) is 2.92. The van der Waals surface area contributed by atoms with Gasteiger partial charge in [0, 0.05) is 16.9 Å².